The van der Waals surface area contributed by atoms with E-state index in [2.05, 4.69) is 17.5 Å². The molecule has 2 amide bonds. The van der Waals surface area contributed by atoms with Crippen LogP contribution in [0.15, 0.2) is 5.10 Å². The molecule has 4 heteroatoms. The van der Waals surface area contributed by atoms with Gasteiger partial charge in [-0.2, -0.15) is 5.10 Å². The maximum atomic E-state index is 10.4. The molecule has 0 aromatic rings. The predicted molar refractivity (Wildman–Crippen MR) is 68.4 cm³/mol. The van der Waals surface area contributed by atoms with Gasteiger partial charge in [-0.1, -0.05) is 45.4 Å². The highest BCUT2D eigenvalue weighted by Crippen LogP contribution is 2.08. The number of hydrazone groups is 1. The van der Waals surface area contributed by atoms with Crippen molar-refractivity contribution in [3.8, 4) is 0 Å². The highest BCUT2D eigenvalue weighted by atomic mass is 16.2. The Morgan fingerprint density at radius 1 is 1.12 bits per heavy atom. The largest absolute Gasteiger partial charge is 0.350 e. The highest BCUT2D eigenvalue weighted by Gasteiger charge is 1.95. The van der Waals surface area contributed by atoms with Crippen LogP contribution in [0.5, 0.6) is 0 Å². The third kappa shape index (κ3) is 11.0. The quantitative estimate of drug-likeness (QED) is 0.354. The van der Waals surface area contributed by atoms with Crippen molar-refractivity contribution in [3.63, 3.8) is 0 Å². The van der Waals surface area contributed by atoms with Crippen molar-refractivity contribution in [2.75, 3.05) is 0 Å². The number of urea groups is 1. The lowest BCUT2D eigenvalue weighted by Gasteiger charge is -2.01. The fraction of sp³-hybridized carbons (Fsp3) is 0.833. The zero-order chi connectivity index (χ0) is 12.2. The van der Waals surface area contributed by atoms with Gasteiger partial charge in [0.05, 0.1) is 0 Å². The number of unbranched alkanes of at least 4 members (excludes halogenated alkanes) is 6. The van der Waals surface area contributed by atoms with Gasteiger partial charge in [-0.25, -0.2) is 10.2 Å². The van der Waals surface area contributed by atoms with Gasteiger partial charge >= 0.3 is 6.03 Å². The third-order valence-electron chi connectivity index (χ3n) is 2.50. The molecule has 0 atom stereocenters. The van der Waals surface area contributed by atoms with E-state index in [0.29, 0.717) is 0 Å². The molecular formula is C12H25N3O. The van der Waals surface area contributed by atoms with Gasteiger partial charge in [-0.05, 0) is 19.8 Å². The first-order valence-electron chi connectivity index (χ1n) is 6.25. The van der Waals surface area contributed by atoms with Crippen LogP contribution < -0.4 is 11.2 Å². The summed E-state index contributed by atoms with van der Waals surface area (Å²) < 4.78 is 0. The van der Waals surface area contributed by atoms with Gasteiger partial charge in [0.25, 0.3) is 0 Å². The van der Waals surface area contributed by atoms with Crippen LogP contribution in [0.4, 0.5) is 4.79 Å². The lowest BCUT2D eigenvalue weighted by atomic mass is 10.1. The average molecular weight is 227 g/mol. The van der Waals surface area contributed by atoms with Gasteiger partial charge in [-0.3, -0.25) is 0 Å². The molecule has 3 N–H and O–H groups in total. The van der Waals surface area contributed by atoms with E-state index < -0.39 is 6.03 Å². The molecule has 0 unspecified atom stereocenters. The Morgan fingerprint density at radius 2 is 1.69 bits per heavy atom. The van der Waals surface area contributed by atoms with Gasteiger partial charge in [0.15, 0.2) is 0 Å². The number of primary amides is 1. The number of hydrogen-bond acceptors (Lipinski definition) is 2. The first-order chi connectivity index (χ1) is 7.66. The van der Waals surface area contributed by atoms with E-state index in [1.807, 2.05) is 6.92 Å². The summed E-state index contributed by atoms with van der Waals surface area (Å²) in [5.74, 6) is 0. The Bertz CT molecular complexity index is 214. The number of nitrogens with two attached hydrogens (primary N) is 1. The Hall–Kier alpha value is -1.06. The van der Waals surface area contributed by atoms with Gasteiger partial charge in [0.2, 0.25) is 0 Å². The van der Waals surface area contributed by atoms with E-state index in [1.54, 1.807) is 0 Å². The van der Waals surface area contributed by atoms with E-state index in [4.69, 9.17) is 5.73 Å². The predicted octanol–water partition coefficient (Wildman–Crippen LogP) is 3.17. The van der Waals surface area contributed by atoms with Crippen molar-refractivity contribution in [2.24, 2.45) is 10.8 Å². The number of rotatable bonds is 9. The van der Waals surface area contributed by atoms with Crippen LogP contribution in [0.3, 0.4) is 0 Å². The summed E-state index contributed by atoms with van der Waals surface area (Å²) in [4.78, 5) is 10.4. The molecule has 16 heavy (non-hydrogen) atoms. The minimum atomic E-state index is -0.598. The molecule has 0 saturated carbocycles. The van der Waals surface area contributed by atoms with Gasteiger partial charge in [-0.15, -0.1) is 0 Å². The maximum Gasteiger partial charge on any atom is 0.332 e. The third-order valence-corrected chi connectivity index (χ3v) is 2.50. The summed E-state index contributed by atoms with van der Waals surface area (Å²) in [5, 5.41) is 3.86. The lowest BCUT2D eigenvalue weighted by Crippen LogP contribution is -2.25. The number of nitrogens with zero attached hydrogens (tertiary/aromatic N) is 1. The number of carbonyl (C=O) groups is 1. The number of nitrogens with one attached hydrogen (secondary N) is 1. The van der Waals surface area contributed by atoms with E-state index in [9.17, 15) is 4.79 Å². The van der Waals surface area contributed by atoms with Gasteiger partial charge in [0, 0.05) is 5.71 Å². The SMILES string of the molecule is CCCCCCCCCC(C)=NNC(N)=O. The average Bonchev–Trinajstić information content (AvgIpc) is 2.25. The van der Waals surface area contributed by atoms with Crippen LogP contribution in [0.2, 0.25) is 0 Å². The van der Waals surface area contributed by atoms with Crippen molar-refractivity contribution in [2.45, 2.75) is 65.2 Å². The monoisotopic (exact) mass is 227 g/mol. The summed E-state index contributed by atoms with van der Waals surface area (Å²) in [7, 11) is 0. The summed E-state index contributed by atoms with van der Waals surface area (Å²) in [6.07, 6.45) is 9.96. The number of carbonyl (C=O) groups excluding carboxylic acids is 1. The molecule has 0 fully saturated rings. The van der Waals surface area contributed by atoms with E-state index in [-0.39, 0.29) is 0 Å². The Balaban J connectivity index is 3.30. The summed E-state index contributed by atoms with van der Waals surface area (Å²) in [5.41, 5.74) is 8.08. The summed E-state index contributed by atoms with van der Waals surface area (Å²) in [6.45, 7) is 4.14. The minimum Gasteiger partial charge on any atom is -0.350 e. The Labute approximate surface area is 98.7 Å². The first kappa shape index (κ1) is 14.9. The van der Waals surface area contributed by atoms with Crippen LogP contribution >= 0.6 is 0 Å². The van der Waals surface area contributed by atoms with Crippen LogP contribution in [0.25, 0.3) is 0 Å². The van der Waals surface area contributed by atoms with Gasteiger partial charge in [0.1, 0.15) is 0 Å². The standard InChI is InChI=1S/C12H25N3O/c1-3-4-5-6-7-8-9-10-11(2)14-15-12(13)16/h3-10H2,1-2H3,(H3,13,15,16). The number of hydrogen-bond donors (Lipinski definition) is 2. The molecule has 0 heterocycles. The molecule has 0 aromatic heterocycles. The zero-order valence-corrected chi connectivity index (χ0v) is 10.6. The topological polar surface area (TPSA) is 67.5 Å². The molecule has 4 nitrogen and oxygen atoms in total. The zero-order valence-electron chi connectivity index (χ0n) is 10.6. The van der Waals surface area contributed by atoms with Crippen LogP contribution in [-0.4, -0.2) is 11.7 Å². The molecular weight excluding hydrogens is 202 g/mol. The van der Waals surface area contributed by atoms with E-state index in [0.717, 1.165) is 18.6 Å². The Kier molecular flexibility index (Phi) is 9.76. The van der Waals surface area contributed by atoms with E-state index >= 15 is 0 Å². The molecule has 0 aliphatic rings. The highest BCUT2D eigenvalue weighted by molar-refractivity contribution is 5.83. The fourth-order valence-corrected chi connectivity index (χ4v) is 1.54. The molecule has 0 bridgehead atoms. The lowest BCUT2D eigenvalue weighted by molar-refractivity contribution is 0.249. The summed E-state index contributed by atoms with van der Waals surface area (Å²) >= 11 is 0. The number of amides is 2. The summed E-state index contributed by atoms with van der Waals surface area (Å²) in [6, 6.07) is -0.598. The molecule has 0 radical (unpaired) electrons. The molecule has 0 spiro atoms. The van der Waals surface area contributed by atoms with Crippen LogP contribution in [-0.2, 0) is 0 Å². The minimum absolute atomic E-state index is 0.598. The van der Waals surface area contributed by atoms with Crippen molar-refractivity contribution in [3.05, 3.63) is 0 Å². The first-order valence-corrected chi connectivity index (χ1v) is 6.25. The van der Waals surface area contributed by atoms with Crippen molar-refractivity contribution in [1.29, 1.82) is 0 Å². The second-order valence-electron chi connectivity index (χ2n) is 4.19. The maximum absolute atomic E-state index is 10.4. The molecule has 0 aliphatic heterocycles. The van der Waals surface area contributed by atoms with Gasteiger partial charge < -0.3 is 5.73 Å². The smallest absolute Gasteiger partial charge is 0.332 e. The second-order valence-corrected chi connectivity index (χ2v) is 4.19. The van der Waals surface area contributed by atoms with Crippen LogP contribution in [0.1, 0.15) is 65.2 Å². The second kappa shape index (κ2) is 10.5. The fourth-order valence-electron chi connectivity index (χ4n) is 1.54. The molecule has 94 valence electrons. The molecule has 0 aromatic carbocycles. The molecule has 0 rings (SSSR count). The normalized spacial score (nSPS) is 11.5. The van der Waals surface area contributed by atoms with Crippen LogP contribution in [0, 0.1) is 0 Å². The molecule has 0 aliphatic carbocycles. The van der Waals surface area contributed by atoms with E-state index in [1.165, 1.54) is 38.5 Å². The van der Waals surface area contributed by atoms with Crippen molar-refractivity contribution in [1.82, 2.24) is 5.43 Å². The van der Waals surface area contributed by atoms with Crippen molar-refractivity contribution < 1.29 is 4.79 Å². The van der Waals surface area contributed by atoms with Crippen molar-refractivity contribution >= 4 is 11.7 Å². The Morgan fingerprint density at radius 3 is 2.25 bits per heavy atom. The molecule has 0 saturated heterocycles.